The summed E-state index contributed by atoms with van der Waals surface area (Å²) in [6.07, 6.45) is 0.00385. The van der Waals surface area contributed by atoms with Gasteiger partial charge in [0.1, 0.15) is 30.2 Å². The topological polar surface area (TPSA) is 137 Å². The second kappa shape index (κ2) is 9.07. The zero-order valence-corrected chi connectivity index (χ0v) is 20.4. The summed E-state index contributed by atoms with van der Waals surface area (Å²) in [4.78, 5) is 13.3. The van der Waals surface area contributed by atoms with Crippen molar-refractivity contribution in [2.75, 3.05) is 13.2 Å². The molecular formula is C26H40O8. The number of hydrogen-bond acceptors (Lipinski definition) is 8. The van der Waals surface area contributed by atoms with Gasteiger partial charge in [-0.1, -0.05) is 32.9 Å². The number of allylic oxidation sites excluding steroid dienone is 2. The molecule has 34 heavy (non-hydrogen) atoms. The van der Waals surface area contributed by atoms with Crippen molar-refractivity contribution >= 4 is 5.78 Å². The molecule has 11 unspecified atom stereocenters. The predicted molar refractivity (Wildman–Crippen MR) is 123 cm³/mol. The van der Waals surface area contributed by atoms with Gasteiger partial charge in [0.2, 0.25) is 0 Å². The van der Waals surface area contributed by atoms with Crippen LogP contribution in [0.15, 0.2) is 24.3 Å². The van der Waals surface area contributed by atoms with Crippen LogP contribution < -0.4 is 0 Å². The van der Waals surface area contributed by atoms with Crippen molar-refractivity contribution in [1.82, 2.24) is 0 Å². The summed E-state index contributed by atoms with van der Waals surface area (Å²) in [6, 6.07) is 0. The van der Waals surface area contributed by atoms with Crippen molar-refractivity contribution in [3.8, 4) is 0 Å². The summed E-state index contributed by atoms with van der Waals surface area (Å²) in [7, 11) is 0. The Morgan fingerprint density at radius 2 is 1.85 bits per heavy atom. The number of aliphatic hydroxyl groups excluding tert-OH is 5. The van der Waals surface area contributed by atoms with Gasteiger partial charge in [-0.25, -0.2) is 0 Å². The average molecular weight is 481 g/mol. The number of ketones is 1. The lowest BCUT2D eigenvalue weighted by Crippen LogP contribution is -2.61. The van der Waals surface area contributed by atoms with Gasteiger partial charge in [-0.15, -0.1) is 6.58 Å². The Kier molecular flexibility index (Phi) is 6.92. The fourth-order valence-corrected chi connectivity index (χ4v) is 7.09. The standard InChI is InChI=1S/C26H40O8/c1-5-24(2)8-6-15-14(11-24)16(28)10-18-25(15,3)9-7-19(29)26(18,4)13-33-23-22(32)21(31)20(30)17(12-27)34-23/h5,11,15-18,20-23,27-28,30-32H,1,6-10,12-13H2,2-4H3. The molecule has 1 heterocycles. The quantitative estimate of drug-likeness (QED) is 0.369. The highest BCUT2D eigenvalue weighted by Gasteiger charge is 2.61. The number of carbonyl (C=O) groups excluding carboxylic acids is 1. The summed E-state index contributed by atoms with van der Waals surface area (Å²) in [5.41, 5.74) is -0.207. The second-order valence-electron chi connectivity index (χ2n) is 11.6. The maximum atomic E-state index is 13.3. The van der Waals surface area contributed by atoms with Gasteiger partial charge in [-0.3, -0.25) is 4.79 Å². The molecule has 1 saturated heterocycles. The number of Topliss-reactive ketones (excluding diaryl/α,β-unsaturated/α-hetero) is 1. The predicted octanol–water partition coefficient (Wildman–Crippen LogP) is 1.09. The van der Waals surface area contributed by atoms with E-state index in [0.29, 0.717) is 12.8 Å². The van der Waals surface area contributed by atoms with Crippen molar-refractivity contribution in [3.05, 3.63) is 24.3 Å². The van der Waals surface area contributed by atoms with Crippen LogP contribution in [0, 0.1) is 28.1 Å². The van der Waals surface area contributed by atoms with E-state index in [9.17, 15) is 30.3 Å². The van der Waals surface area contributed by atoms with Gasteiger partial charge in [0, 0.05) is 11.8 Å². The van der Waals surface area contributed by atoms with Gasteiger partial charge in [0.15, 0.2) is 6.29 Å². The fourth-order valence-electron chi connectivity index (χ4n) is 7.09. The van der Waals surface area contributed by atoms with E-state index in [1.165, 1.54) is 0 Å². The molecule has 3 fully saturated rings. The molecule has 0 aromatic rings. The van der Waals surface area contributed by atoms with E-state index in [4.69, 9.17) is 9.47 Å². The minimum Gasteiger partial charge on any atom is -0.394 e. The molecule has 0 aromatic heterocycles. The molecule has 5 N–H and O–H groups in total. The molecule has 4 rings (SSSR count). The van der Waals surface area contributed by atoms with Crippen molar-refractivity contribution < 1.29 is 39.8 Å². The number of hydrogen-bond donors (Lipinski definition) is 5. The molecule has 0 bridgehead atoms. The van der Waals surface area contributed by atoms with Gasteiger partial charge in [-0.2, -0.15) is 0 Å². The van der Waals surface area contributed by atoms with Crippen LogP contribution in [0.5, 0.6) is 0 Å². The number of carbonyl (C=O) groups is 1. The molecular weight excluding hydrogens is 440 g/mol. The second-order valence-corrected chi connectivity index (χ2v) is 11.6. The number of aliphatic hydroxyl groups is 5. The highest BCUT2D eigenvalue weighted by Crippen LogP contribution is 2.63. The van der Waals surface area contributed by atoms with Crippen LogP contribution in [-0.2, 0) is 14.3 Å². The van der Waals surface area contributed by atoms with E-state index in [1.807, 2.05) is 13.0 Å². The molecule has 0 aromatic carbocycles. The molecule has 0 spiro atoms. The highest BCUT2D eigenvalue weighted by atomic mass is 16.7. The van der Waals surface area contributed by atoms with Crippen LogP contribution >= 0.6 is 0 Å². The molecule has 3 aliphatic carbocycles. The molecule has 8 heteroatoms. The van der Waals surface area contributed by atoms with Crippen molar-refractivity contribution in [2.45, 2.75) is 89.7 Å². The van der Waals surface area contributed by atoms with E-state index < -0.39 is 48.8 Å². The van der Waals surface area contributed by atoms with Gasteiger partial charge < -0.3 is 35.0 Å². The maximum Gasteiger partial charge on any atom is 0.186 e. The smallest absolute Gasteiger partial charge is 0.186 e. The first-order valence-electron chi connectivity index (χ1n) is 12.4. The number of rotatable bonds is 5. The summed E-state index contributed by atoms with van der Waals surface area (Å²) in [5.74, 6) is 0.0660. The summed E-state index contributed by atoms with van der Waals surface area (Å²) >= 11 is 0. The van der Waals surface area contributed by atoms with Crippen molar-refractivity contribution in [3.63, 3.8) is 0 Å². The van der Waals surface area contributed by atoms with E-state index in [2.05, 4.69) is 26.5 Å². The van der Waals surface area contributed by atoms with Crippen LogP contribution in [0.1, 0.15) is 52.9 Å². The summed E-state index contributed by atoms with van der Waals surface area (Å²) in [5, 5.41) is 51.1. The molecule has 1 aliphatic heterocycles. The monoisotopic (exact) mass is 480 g/mol. The Hall–Kier alpha value is -1.13. The van der Waals surface area contributed by atoms with Gasteiger partial charge >= 0.3 is 0 Å². The van der Waals surface area contributed by atoms with Gasteiger partial charge in [0.05, 0.1) is 24.7 Å². The first-order valence-corrected chi connectivity index (χ1v) is 12.4. The first kappa shape index (κ1) is 25.9. The maximum absolute atomic E-state index is 13.3. The Bertz CT molecular complexity index is 841. The molecule has 8 nitrogen and oxygen atoms in total. The first-order chi connectivity index (χ1) is 15.9. The molecule has 0 radical (unpaired) electrons. The molecule has 4 aliphatic rings. The Balaban J connectivity index is 1.59. The van der Waals surface area contributed by atoms with Crippen LogP contribution in [0.4, 0.5) is 0 Å². The van der Waals surface area contributed by atoms with Gasteiger partial charge in [0.25, 0.3) is 0 Å². The minimum absolute atomic E-state index is 0.0472. The van der Waals surface area contributed by atoms with Crippen LogP contribution in [0.2, 0.25) is 0 Å². The van der Waals surface area contributed by atoms with E-state index in [1.54, 1.807) is 0 Å². The summed E-state index contributed by atoms with van der Waals surface area (Å²) in [6.45, 7) is 9.59. The average Bonchev–Trinajstić information content (AvgIpc) is 2.82. The largest absolute Gasteiger partial charge is 0.394 e. The third-order valence-corrected chi connectivity index (χ3v) is 9.47. The van der Waals surface area contributed by atoms with Crippen molar-refractivity contribution in [1.29, 1.82) is 0 Å². The lowest BCUT2D eigenvalue weighted by atomic mass is 9.44. The van der Waals surface area contributed by atoms with Crippen LogP contribution in [0.3, 0.4) is 0 Å². The summed E-state index contributed by atoms with van der Waals surface area (Å²) < 4.78 is 11.4. The van der Waals surface area contributed by atoms with Gasteiger partial charge in [-0.05, 0) is 48.5 Å². The van der Waals surface area contributed by atoms with Crippen LogP contribution in [-0.4, -0.2) is 81.3 Å². The zero-order valence-electron chi connectivity index (χ0n) is 20.4. The van der Waals surface area contributed by atoms with E-state index >= 15 is 0 Å². The third-order valence-electron chi connectivity index (χ3n) is 9.47. The Morgan fingerprint density at radius 3 is 2.50 bits per heavy atom. The molecule has 2 saturated carbocycles. The fraction of sp³-hybridized carbons (Fsp3) is 0.808. The van der Waals surface area contributed by atoms with Crippen molar-refractivity contribution in [2.24, 2.45) is 28.1 Å². The lowest BCUT2D eigenvalue weighted by molar-refractivity contribution is -0.307. The zero-order chi connectivity index (χ0) is 25.1. The highest BCUT2D eigenvalue weighted by molar-refractivity contribution is 5.86. The van der Waals surface area contributed by atoms with E-state index in [0.717, 1.165) is 24.8 Å². The Morgan fingerprint density at radius 1 is 1.15 bits per heavy atom. The normalized spacial score (nSPS) is 51.3. The third kappa shape index (κ3) is 4.01. The van der Waals surface area contributed by atoms with E-state index in [-0.39, 0.29) is 35.1 Å². The SMILES string of the molecule is C=CC1(C)C=C2C(O)CC3C(C)(COC4OC(CO)C(O)C(O)C4O)C(=O)CCC3(C)C2CC1. The number of ether oxygens (including phenoxy) is 2. The minimum atomic E-state index is -1.54. The Labute approximate surface area is 201 Å². The lowest BCUT2D eigenvalue weighted by Gasteiger charge is -2.60. The molecule has 192 valence electrons. The molecule has 11 atom stereocenters. The molecule has 0 amide bonds. The van der Waals surface area contributed by atoms with Crippen LogP contribution in [0.25, 0.3) is 0 Å². The number of fused-ring (bicyclic) bond motifs is 3.